The van der Waals surface area contributed by atoms with Crippen LogP contribution in [0, 0.1) is 0 Å². The molecule has 1 N–H and O–H groups in total. The third-order valence-electron chi connectivity index (χ3n) is 1.01. The van der Waals surface area contributed by atoms with Crippen molar-refractivity contribution in [3.63, 3.8) is 0 Å². The fourth-order valence-corrected chi connectivity index (χ4v) is 5.82. The molecule has 0 radical (unpaired) electrons. The second-order valence-corrected chi connectivity index (χ2v) is 7.66. The molecule has 1 aromatic rings. The van der Waals surface area contributed by atoms with Gasteiger partial charge < -0.3 is 0 Å². The van der Waals surface area contributed by atoms with Gasteiger partial charge in [-0.25, -0.2) is 0 Å². The monoisotopic (exact) mass is 298 g/mol. The van der Waals surface area contributed by atoms with E-state index in [1.807, 2.05) is 30.3 Å². The molecule has 0 aromatic heterocycles. The Bertz CT molecular complexity index is 269. The molecule has 0 aliphatic carbocycles. The average molecular weight is 298 g/mol. The van der Waals surface area contributed by atoms with E-state index in [0.29, 0.717) is 0 Å². The van der Waals surface area contributed by atoms with E-state index >= 15 is 0 Å². The zero-order valence-electron chi connectivity index (χ0n) is 6.38. The van der Waals surface area contributed by atoms with Gasteiger partial charge in [0, 0.05) is 0 Å². The number of hydrogen-bond donors (Lipinski definition) is 1. The Balaban J connectivity index is 2.17. The van der Waals surface area contributed by atoms with Gasteiger partial charge in [-0.05, 0) is 0 Å². The van der Waals surface area contributed by atoms with E-state index in [2.05, 4.69) is 3.17 Å². The summed E-state index contributed by atoms with van der Waals surface area (Å²) in [6.07, 6.45) is 0. The minimum atomic E-state index is -3.35. The molecule has 7 heteroatoms. The third-order valence-corrected chi connectivity index (χ3v) is 6.25. The molecule has 13 heavy (non-hydrogen) atoms. The number of benzene rings is 1. The SMILES string of the molecule is O=[AsH](O)OSSSc1ccccc1. The molecule has 0 aliphatic heterocycles. The molecule has 0 fully saturated rings. The van der Waals surface area contributed by atoms with Crippen LogP contribution in [0.4, 0.5) is 0 Å². The van der Waals surface area contributed by atoms with Crippen molar-refractivity contribution in [1.82, 2.24) is 0 Å². The molecule has 0 heterocycles. The Labute approximate surface area is 92.8 Å². The van der Waals surface area contributed by atoms with Crippen LogP contribution in [-0.4, -0.2) is 19.4 Å². The predicted molar refractivity (Wildman–Crippen MR) is 58.6 cm³/mol. The maximum absolute atomic E-state index is 10.2. The van der Waals surface area contributed by atoms with Crippen LogP contribution in [0.25, 0.3) is 0 Å². The summed E-state index contributed by atoms with van der Waals surface area (Å²) in [5.41, 5.74) is 0. The first kappa shape index (κ1) is 11.6. The Morgan fingerprint density at radius 1 is 1.31 bits per heavy atom. The van der Waals surface area contributed by atoms with Crippen molar-refractivity contribution >= 4 is 47.0 Å². The van der Waals surface area contributed by atoms with E-state index in [9.17, 15) is 3.74 Å². The standard InChI is InChI=1S/C6H7AsO3S3/c8-7(9)10-12-13-11-6-4-2-1-3-5-6/h1-5,7H,(H,8,9). The summed E-state index contributed by atoms with van der Waals surface area (Å²) in [7, 11) is 2.82. The van der Waals surface area contributed by atoms with Crippen molar-refractivity contribution < 1.29 is 11.0 Å². The molecule has 3 nitrogen and oxygen atoms in total. The van der Waals surface area contributed by atoms with E-state index in [4.69, 9.17) is 4.10 Å². The molecule has 1 rings (SSSR count). The molecule has 0 saturated heterocycles. The average Bonchev–Trinajstić information content (AvgIpc) is 2.14. The van der Waals surface area contributed by atoms with Crippen molar-refractivity contribution in [2.45, 2.75) is 4.90 Å². The van der Waals surface area contributed by atoms with Crippen LogP contribution in [0.5, 0.6) is 0 Å². The molecule has 72 valence electrons. The fraction of sp³-hybridized carbons (Fsp3) is 0. The first-order valence-corrected chi connectivity index (χ1v) is 9.31. The van der Waals surface area contributed by atoms with Crippen LogP contribution in [0.2, 0.25) is 0 Å². The molecule has 0 amide bonds. The second kappa shape index (κ2) is 6.92. The minimum absolute atomic E-state index is 0.947. The van der Waals surface area contributed by atoms with Gasteiger partial charge in [0.1, 0.15) is 0 Å². The summed E-state index contributed by atoms with van der Waals surface area (Å²) in [4.78, 5) is 1.09. The van der Waals surface area contributed by atoms with Gasteiger partial charge in [0.05, 0.1) is 0 Å². The van der Waals surface area contributed by atoms with Crippen LogP contribution in [0.1, 0.15) is 0 Å². The summed E-state index contributed by atoms with van der Waals surface area (Å²) in [6, 6.07) is 9.74. The van der Waals surface area contributed by atoms with Crippen LogP contribution in [0.15, 0.2) is 35.2 Å². The van der Waals surface area contributed by atoms with Gasteiger partial charge in [0.15, 0.2) is 0 Å². The van der Waals surface area contributed by atoms with E-state index in [1.54, 1.807) is 0 Å². The summed E-state index contributed by atoms with van der Waals surface area (Å²) >= 11 is -2.40. The van der Waals surface area contributed by atoms with Gasteiger partial charge in [0.2, 0.25) is 0 Å². The van der Waals surface area contributed by atoms with Gasteiger partial charge >= 0.3 is 93.2 Å². The fourth-order valence-electron chi connectivity index (χ4n) is 0.572. The van der Waals surface area contributed by atoms with Crippen LogP contribution >= 0.6 is 31.7 Å². The van der Waals surface area contributed by atoms with Crippen LogP contribution < -0.4 is 0 Å². The maximum atomic E-state index is 10.2. The molecule has 1 atom stereocenters. The molecular weight excluding hydrogens is 291 g/mol. The van der Waals surface area contributed by atoms with Crippen LogP contribution in [0.3, 0.4) is 0 Å². The predicted octanol–water partition coefficient (Wildman–Crippen LogP) is 2.15. The molecule has 0 aliphatic rings. The van der Waals surface area contributed by atoms with E-state index in [1.165, 1.54) is 20.6 Å². The van der Waals surface area contributed by atoms with E-state index < -0.39 is 15.3 Å². The van der Waals surface area contributed by atoms with Gasteiger partial charge in [-0.2, -0.15) is 0 Å². The van der Waals surface area contributed by atoms with Crippen molar-refractivity contribution in [1.29, 1.82) is 0 Å². The van der Waals surface area contributed by atoms with Gasteiger partial charge in [-0.15, -0.1) is 0 Å². The summed E-state index contributed by atoms with van der Waals surface area (Å²) < 4.78 is 23.1. The summed E-state index contributed by atoms with van der Waals surface area (Å²) in [5, 5.41) is 0. The second-order valence-electron chi connectivity index (χ2n) is 1.88. The Morgan fingerprint density at radius 3 is 2.62 bits per heavy atom. The number of hydrogen-bond acceptors (Lipinski definition) is 5. The molecule has 0 saturated carbocycles. The van der Waals surface area contributed by atoms with Gasteiger partial charge in [-0.3, -0.25) is 0 Å². The summed E-state index contributed by atoms with van der Waals surface area (Å²) in [6.45, 7) is 0. The quantitative estimate of drug-likeness (QED) is 0.389. The Morgan fingerprint density at radius 2 is 2.00 bits per heavy atom. The first-order valence-electron chi connectivity index (χ1n) is 3.25. The van der Waals surface area contributed by atoms with Crippen molar-refractivity contribution in [2.24, 2.45) is 0 Å². The van der Waals surface area contributed by atoms with Gasteiger partial charge in [-0.1, -0.05) is 0 Å². The van der Waals surface area contributed by atoms with E-state index in [-0.39, 0.29) is 0 Å². The summed E-state index contributed by atoms with van der Waals surface area (Å²) in [5.74, 6) is 0. The Kier molecular flexibility index (Phi) is 6.19. The third kappa shape index (κ3) is 5.78. The topological polar surface area (TPSA) is 46.5 Å². The van der Waals surface area contributed by atoms with E-state index in [0.717, 1.165) is 16.0 Å². The van der Waals surface area contributed by atoms with Gasteiger partial charge in [0.25, 0.3) is 0 Å². The van der Waals surface area contributed by atoms with Crippen molar-refractivity contribution in [3.05, 3.63) is 30.3 Å². The zero-order chi connectivity index (χ0) is 9.52. The van der Waals surface area contributed by atoms with Crippen molar-refractivity contribution in [3.8, 4) is 0 Å². The van der Waals surface area contributed by atoms with Crippen molar-refractivity contribution in [2.75, 3.05) is 0 Å². The molecule has 0 bridgehead atoms. The zero-order valence-corrected chi connectivity index (χ0v) is 10.9. The molecule has 1 aromatic carbocycles. The Hall–Kier alpha value is 0.548. The van der Waals surface area contributed by atoms with Crippen LogP contribution in [-0.2, 0) is 6.91 Å². The normalized spacial score (nSPS) is 12.7. The number of rotatable bonds is 5. The molecular formula is C6H7AsO3S3. The molecule has 1 unspecified atom stereocenters. The molecule has 0 spiro atoms. The first-order chi connectivity index (χ1) is 6.29.